The van der Waals surface area contributed by atoms with E-state index in [0.717, 1.165) is 12.8 Å². The molecule has 0 saturated heterocycles. The number of carbonyl (C=O) groups excluding carboxylic acids is 1. The minimum absolute atomic E-state index is 0.135. The Morgan fingerprint density at radius 3 is 2.26 bits per heavy atom. The molecule has 0 aromatic carbocycles. The maximum Gasteiger partial charge on any atom is 0.408 e. The van der Waals surface area contributed by atoms with Crippen molar-refractivity contribution in [3.8, 4) is 0 Å². The SMILES string of the molecule is COC(CNC(=O)C1CCCCC1N(C(=O)O)C(C)(C)C)OC. The van der Waals surface area contributed by atoms with Crippen LogP contribution in [0.5, 0.6) is 0 Å². The van der Waals surface area contributed by atoms with Gasteiger partial charge in [-0.1, -0.05) is 12.8 Å². The first-order valence-electron chi connectivity index (χ1n) is 8.08. The number of nitrogens with one attached hydrogen (secondary N) is 1. The molecule has 1 aliphatic rings. The highest BCUT2D eigenvalue weighted by molar-refractivity contribution is 5.80. The molecule has 2 unspecified atom stereocenters. The molecule has 7 nitrogen and oxygen atoms in total. The number of hydrogen-bond donors (Lipinski definition) is 2. The summed E-state index contributed by atoms with van der Waals surface area (Å²) >= 11 is 0. The van der Waals surface area contributed by atoms with Gasteiger partial charge in [-0.05, 0) is 33.6 Å². The molecule has 7 heteroatoms. The second kappa shape index (κ2) is 8.49. The summed E-state index contributed by atoms with van der Waals surface area (Å²) < 4.78 is 10.1. The highest BCUT2D eigenvalue weighted by Gasteiger charge is 2.41. The summed E-state index contributed by atoms with van der Waals surface area (Å²) in [6.45, 7) is 5.82. The van der Waals surface area contributed by atoms with Gasteiger partial charge < -0.3 is 19.9 Å². The van der Waals surface area contributed by atoms with E-state index in [-0.39, 0.29) is 24.4 Å². The standard InChI is InChI=1S/C16H30N2O5/c1-16(2,3)18(15(20)21)12-9-7-6-8-11(12)14(19)17-10-13(22-4)23-5/h11-13H,6-10H2,1-5H3,(H,17,19)(H,20,21). The molecule has 0 bridgehead atoms. The zero-order valence-electron chi connectivity index (χ0n) is 14.8. The fourth-order valence-corrected chi connectivity index (χ4v) is 3.23. The van der Waals surface area contributed by atoms with Gasteiger partial charge in [0.15, 0.2) is 6.29 Å². The Hall–Kier alpha value is -1.34. The number of amides is 2. The van der Waals surface area contributed by atoms with Crippen molar-refractivity contribution in [1.29, 1.82) is 0 Å². The van der Waals surface area contributed by atoms with Crippen molar-refractivity contribution in [2.24, 2.45) is 5.92 Å². The predicted molar refractivity (Wildman–Crippen MR) is 86.2 cm³/mol. The number of ether oxygens (including phenoxy) is 2. The van der Waals surface area contributed by atoms with Crippen LogP contribution in [-0.2, 0) is 14.3 Å². The molecule has 0 spiro atoms. The van der Waals surface area contributed by atoms with Crippen LogP contribution in [0.3, 0.4) is 0 Å². The van der Waals surface area contributed by atoms with Crippen molar-refractivity contribution >= 4 is 12.0 Å². The second-order valence-electron chi connectivity index (χ2n) is 6.93. The molecular weight excluding hydrogens is 300 g/mol. The van der Waals surface area contributed by atoms with Gasteiger partial charge in [0, 0.05) is 25.8 Å². The first-order chi connectivity index (χ1) is 10.7. The summed E-state index contributed by atoms with van der Waals surface area (Å²) in [6.07, 6.45) is 1.80. The first kappa shape index (κ1) is 19.7. The molecule has 134 valence electrons. The molecule has 1 fully saturated rings. The number of methoxy groups -OCH3 is 2. The van der Waals surface area contributed by atoms with E-state index in [2.05, 4.69) is 5.32 Å². The topological polar surface area (TPSA) is 88.1 Å². The molecule has 2 amide bonds. The van der Waals surface area contributed by atoms with Crippen LogP contribution >= 0.6 is 0 Å². The van der Waals surface area contributed by atoms with Gasteiger partial charge in [-0.3, -0.25) is 9.69 Å². The largest absolute Gasteiger partial charge is 0.465 e. The van der Waals surface area contributed by atoms with Crippen LogP contribution in [0.15, 0.2) is 0 Å². The van der Waals surface area contributed by atoms with Crippen molar-refractivity contribution in [2.45, 2.75) is 64.3 Å². The fraction of sp³-hybridized carbons (Fsp3) is 0.875. The normalized spacial score (nSPS) is 22.0. The maximum atomic E-state index is 12.6. The molecular formula is C16H30N2O5. The van der Waals surface area contributed by atoms with Crippen LogP contribution in [-0.4, -0.2) is 60.6 Å². The summed E-state index contributed by atoms with van der Waals surface area (Å²) in [5.74, 6) is -0.474. The van der Waals surface area contributed by atoms with E-state index in [9.17, 15) is 14.7 Å². The van der Waals surface area contributed by atoms with E-state index in [1.165, 1.54) is 19.1 Å². The average molecular weight is 330 g/mol. The van der Waals surface area contributed by atoms with E-state index in [4.69, 9.17) is 9.47 Å². The summed E-state index contributed by atoms with van der Waals surface area (Å²) in [6, 6.07) is -0.301. The molecule has 0 aromatic heterocycles. The third-order valence-corrected chi connectivity index (χ3v) is 4.30. The molecule has 0 aliphatic heterocycles. The van der Waals surface area contributed by atoms with Gasteiger partial charge in [-0.15, -0.1) is 0 Å². The number of hydrogen-bond acceptors (Lipinski definition) is 4. The molecule has 0 aromatic rings. The average Bonchev–Trinajstić information content (AvgIpc) is 2.46. The third-order valence-electron chi connectivity index (χ3n) is 4.30. The van der Waals surface area contributed by atoms with Gasteiger partial charge in [0.25, 0.3) is 0 Å². The lowest BCUT2D eigenvalue weighted by Gasteiger charge is -2.44. The van der Waals surface area contributed by atoms with Gasteiger partial charge in [0.2, 0.25) is 5.91 Å². The number of carboxylic acid groups (broad SMARTS) is 1. The van der Waals surface area contributed by atoms with Crippen LogP contribution in [0.1, 0.15) is 46.5 Å². The van der Waals surface area contributed by atoms with E-state index < -0.39 is 17.9 Å². The zero-order chi connectivity index (χ0) is 17.6. The zero-order valence-corrected chi connectivity index (χ0v) is 14.8. The van der Waals surface area contributed by atoms with Gasteiger partial charge in [0.1, 0.15) is 0 Å². The van der Waals surface area contributed by atoms with Crippen molar-refractivity contribution in [3.63, 3.8) is 0 Å². The van der Waals surface area contributed by atoms with Crippen molar-refractivity contribution in [1.82, 2.24) is 10.2 Å². The van der Waals surface area contributed by atoms with E-state index in [0.29, 0.717) is 12.8 Å². The summed E-state index contributed by atoms with van der Waals surface area (Å²) in [7, 11) is 3.02. The number of nitrogens with zero attached hydrogens (tertiary/aromatic N) is 1. The first-order valence-corrected chi connectivity index (χ1v) is 8.08. The molecule has 1 rings (SSSR count). The van der Waals surface area contributed by atoms with Crippen LogP contribution in [0.25, 0.3) is 0 Å². The second-order valence-corrected chi connectivity index (χ2v) is 6.93. The summed E-state index contributed by atoms with van der Waals surface area (Å²) in [5.41, 5.74) is -0.548. The minimum Gasteiger partial charge on any atom is -0.465 e. The molecule has 2 N–H and O–H groups in total. The van der Waals surface area contributed by atoms with E-state index in [1.54, 1.807) is 0 Å². The van der Waals surface area contributed by atoms with E-state index >= 15 is 0 Å². The lowest BCUT2D eigenvalue weighted by atomic mass is 9.81. The Balaban J connectivity index is 2.84. The number of carbonyl (C=O) groups is 2. The lowest BCUT2D eigenvalue weighted by molar-refractivity contribution is -0.134. The van der Waals surface area contributed by atoms with Crippen LogP contribution in [0.4, 0.5) is 4.79 Å². The molecule has 23 heavy (non-hydrogen) atoms. The Morgan fingerprint density at radius 1 is 1.22 bits per heavy atom. The van der Waals surface area contributed by atoms with Crippen LogP contribution < -0.4 is 5.32 Å². The monoisotopic (exact) mass is 330 g/mol. The Morgan fingerprint density at radius 2 is 1.78 bits per heavy atom. The molecule has 1 saturated carbocycles. The van der Waals surface area contributed by atoms with Gasteiger partial charge in [0.05, 0.1) is 12.5 Å². The highest BCUT2D eigenvalue weighted by atomic mass is 16.7. The van der Waals surface area contributed by atoms with Gasteiger partial charge >= 0.3 is 6.09 Å². The predicted octanol–water partition coefficient (Wildman–Crippen LogP) is 2.06. The lowest BCUT2D eigenvalue weighted by Crippen LogP contribution is -2.57. The van der Waals surface area contributed by atoms with Crippen LogP contribution in [0.2, 0.25) is 0 Å². The molecule has 1 aliphatic carbocycles. The number of rotatable bonds is 6. The Labute approximate surface area is 138 Å². The quantitative estimate of drug-likeness (QED) is 0.728. The Kier molecular flexibility index (Phi) is 7.28. The fourth-order valence-electron chi connectivity index (χ4n) is 3.23. The highest BCUT2D eigenvalue weighted by Crippen LogP contribution is 2.33. The summed E-state index contributed by atoms with van der Waals surface area (Å²) in [4.78, 5) is 25.7. The van der Waals surface area contributed by atoms with Crippen molar-refractivity contribution in [2.75, 3.05) is 20.8 Å². The third kappa shape index (κ3) is 5.35. The Bertz CT molecular complexity index is 404. The molecule has 0 heterocycles. The van der Waals surface area contributed by atoms with Crippen molar-refractivity contribution in [3.05, 3.63) is 0 Å². The van der Waals surface area contributed by atoms with Gasteiger partial charge in [-0.2, -0.15) is 0 Å². The van der Waals surface area contributed by atoms with Crippen molar-refractivity contribution < 1.29 is 24.2 Å². The molecule has 2 atom stereocenters. The minimum atomic E-state index is -0.978. The van der Waals surface area contributed by atoms with Crippen LogP contribution in [0, 0.1) is 5.92 Å². The van der Waals surface area contributed by atoms with E-state index in [1.807, 2.05) is 20.8 Å². The maximum absolute atomic E-state index is 12.6. The molecule has 0 radical (unpaired) electrons. The smallest absolute Gasteiger partial charge is 0.408 e. The van der Waals surface area contributed by atoms with Gasteiger partial charge in [-0.25, -0.2) is 4.79 Å². The summed E-state index contributed by atoms with van der Waals surface area (Å²) in [5, 5.41) is 12.4.